The van der Waals surface area contributed by atoms with E-state index in [1.54, 1.807) is 0 Å². The van der Waals surface area contributed by atoms with E-state index in [9.17, 15) is 0 Å². The Kier molecular flexibility index (Phi) is 3.93. The van der Waals surface area contributed by atoms with Gasteiger partial charge in [0.05, 0.1) is 5.69 Å². The second-order valence-corrected chi connectivity index (χ2v) is 10.1. The molecule has 1 aliphatic rings. The van der Waals surface area contributed by atoms with Crippen LogP contribution in [0.25, 0.3) is 32.8 Å². The monoisotopic (exact) mass is 413 g/mol. The Morgan fingerprint density at radius 3 is 1.97 bits per heavy atom. The molecule has 0 amide bonds. The third-order valence-corrected chi connectivity index (χ3v) is 7.58. The first-order valence-electron chi connectivity index (χ1n) is 11.4. The average Bonchev–Trinajstić information content (AvgIpc) is 2.82. The molecule has 1 nitrogen and oxygen atoms in total. The highest BCUT2D eigenvalue weighted by Crippen LogP contribution is 2.50. The fourth-order valence-electron chi connectivity index (χ4n) is 5.78. The Morgan fingerprint density at radius 1 is 0.531 bits per heavy atom. The van der Waals surface area contributed by atoms with E-state index in [4.69, 9.17) is 4.98 Å². The molecule has 5 aromatic rings. The van der Waals surface area contributed by atoms with Crippen LogP contribution in [0.3, 0.4) is 0 Å². The summed E-state index contributed by atoms with van der Waals surface area (Å²) in [5.74, 6) is 0. The minimum atomic E-state index is -0.0608. The summed E-state index contributed by atoms with van der Waals surface area (Å²) in [6, 6.07) is 31.1. The highest BCUT2D eigenvalue weighted by molar-refractivity contribution is 6.11. The van der Waals surface area contributed by atoms with Gasteiger partial charge in [-0.25, -0.2) is 0 Å². The van der Waals surface area contributed by atoms with Crippen molar-refractivity contribution < 1.29 is 0 Å². The van der Waals surface area contributed by atoms with Gasteiger partial charge in [0.1, 0.15) is 0 Å². The van der Waals surface area contributed by atoms with Crippen molar-refractivity contribution in [2.24, 2.45) is 0 Å². The van der Waals surface area contributed by atoms with Gasteiger partial charge in [0.15, 0.2) is 0 Å². The summed E-state index contributed by atoms with van der Waals surface area (Å²) < 4.78 is 0. The van der Waals surface area contributed by atoms with Crippen LogP contribution in [0.15, 0.2) is 91.1 Å². The van der Waals surface area contributed by atoms with Crippen molar-refractivity contribution in [2.75, 3.05) is 0 Å². The largest absolute Gasteiger partial charge is 0.256 e. The number of aromatic nitrogens is 1. The molecule has 0 radical (unpaired) electrons. The molecular weight excluding hydrogens is 386 g/mol. The molecule has 0 fully saturated rings. The number of hydrogen-bond donors (Lipinski definition) is 0. The summed E-state index contributed by atoms with van der Waals surface area (Å²) in [7, 11) is 0. The molecule has 156 valence electrons. The summed E-state index contributed by atoms with van der Waals surface area (Å²) in [6.45, 7) is 9.41. The van der Waals surface area contributed by atoms with E-state index in [1.165, 1.54) is 49.4 Å². The fourth-order valence-corrected chi connectivity index (χ4v) is 5.78. The molecule has 0 bridgehead atoms. The summed E-state index contributed by atoms with van der Waals surface area (Å²) in [4.78, 5) is 4.86. The van der Waals surface area contributed by atoms with Crippen LogP contribution in [-0.4, -0.2) is 4.98 Å². The number of pyridine rings is 1. The minimum absolute atomic E-state index is 0.0254. The molecule has 1 heterocycles. The molecule has 0 saturated carbocycles. The summed E-state index contributed by atoms with van der Waals surface area (Å²) in [6.07, 6.45) is 1.95. The van der Waals surface area contributed by atoms with Crippen molar-refractivity contribution in [3.05, 3.63) is 113 Å². The number of hydrogen-bond acceptors (Lipinski definition) is 1. The first-order valence-corrected chi connectivity index (χ1v) is 11.4. The molecule has 0 atom stereocenters. The van der Waals surface area contributed by atoms with Gasteiger partial charge in [-0.1, -0.05) is 100 Å². The Balaban J connectivity index is 1.61. The SMILES string of the molecule is CC1(C)c2ccccc2C(C)(C)c2cc(-c3nccc4c3ccc3ccccc34)ccc21. The maximum atomic E-state index is 4.86. The Morgan fingerprint density at radius 2 is 1.19 bits per heavy atom. The standard InChI is InChI=1S/C31H27N/c1-30(2)25-11-7-8-12-26(25)31(3,4)28-19-21(14-16-27(28)30)29-24-15-13-20-9-5-6-10-22(20)23(24)17-18-32-29/h5-19H,1-4H3. The molecule has 1 aliphatic carbocycles. The van der Waals surface area contributed by atoms with E-state index in [0.717, 1.165) is 5.69 Å². The molecule has 1 heteroatoms. The van der Waals surface area contributed by atoms with Crippen LogP contribution in [0.1, 0.15) is 49.9 Å². The number of rotatable bonds is 1. The van der Waals surface area contributed by atoms with Crippen molar-refractivity contribution in [2.45, 2.75) is 38.5 Å². The van der Waals surface area contributed by atoms with Crippen molar-refractivity contribution in [1.82, 2.24) is 4.98 Å². The van der Waals surface area contributed by atoms with Gasteiger partial charge in [0.25, 0.3) is 0 Å². The molecule has 0 aliphatic heterocycles. The second kappa shape index (κ2) is 6.53. The lowest BCUT2D eigenvalue weighted by atomic mass is 9.60. The lowest BCUT2D eigenvalue weighted by Gasteiger charge is -2.44. The molecule has 1 aromatic heterocycles. The summed E-state index contributed by atoms with van der Waals surface area (Å²) in [5, 5.41) is 5.01. The van der Waals surface area contributed by atoms with Gasteiger partial charge in [0.2, 0.25) is 0 Å². The minimum Gasteiger partial charge on any atom is -0.256 e. The zero-order valence-corrected chi connectivity index (χ0v) is 19.1. The van der Waals surface area contributed by atoms with Crippen molar-refractivity contribution in [3.8, 4) is 11.3 Å². The van der Waals surface area contributed by atoms with Crippen LogP contribution in [0, 0.1) is 0 Å². The van der Waals surface area contributed by atoms with E-state index >= 15 is 0 Å². The van der Waals surface area contributed by atoms with E-state index in [1.807, 2.05) is 6.20 Å². The van der Waals surface area contributed by atoms with Crippen molar-refractivity contribution in [3.63, 3.8) is 0 Å². The van der Waals surface area contributed by atoms with Gasteiger partial charge in [0, 0.05) is 28.0 Å². The Hall–Kier alpha value is -3.45. The lowest BCUT2D eigenvalue weighted by Crippen LogP contribution is -2.36. The predicted octanol–water partition coefficient (Wildman–Crippen LogP) is 8.02. The smallest absolute Gasteiger partial charge is 0.0780 e. The summed E-state index contributed by atoms with van der Waals surface area (Å²) >= 11 is 0. The molecule has 4 aromatic carbocycles. The molecule has 6 rings (SSSR count). The van der Waals surface area contributed by atoms with Crippen LogP contribution in [0.5, 0.6) is 0 Å². The van der Waals surface area contributed by atoms with Crippen LogP contribution < -0.4 is 0 Å². The topological polar surface area (TPSA) is 12.9 Å². The van der Waals surface area contributed by atoms with Crippen LogP contribution in [0.4, 0.5) is 0 Å². The van der Waals surface area contributed by atoms with Gasteiger partial charge in [-0.2, -0.15) is 0 Å². The highest BCUT2D eigenvalue weighted by atomic mass is 14.7. The molecule has 0 unspecified atom stereocenters. The van der Waals surface area contributed by atoms with E-state index < -0.39 is 0 Å². The first kappa shape index (κ1) is 19.3. The van der Waals surface area contributed by atoms with Gasteiger partial charge in [-0.05, 0) is 50.5 Å². The maximum absolute atomic E-state index is 4.86. The fraction of sp³-hybridized carbons (Fsp3) is 0.194. The third-order valence-electron chi connectivity index (χ3n) is 7.58. The van der Waals surface area contributed by atoms with Gasteiger partial charge >= 0.3 is 0 Å². The molecule has 0 saturated heterocycles. The Bertz CT molecular complexity index is 1520. The van der Waals surface area contributed by atoms with Gasteiger partial charge < -0.3 is 0 Å². The third kappa shape index (κ3) is 2.54. The van der Waals surface area contributed by atoms with E-state index in [0.29, 0.717) is 0 Å². The first-order chi connectivity index (χ1) is 15.4. The van der Waals surface area contributed by atoms with E-state index in [-0.39, 0.29) is 10.8 Å². The maximum Gasteiger partial charge on any atom is 0.0780 e. The molecule has 0 spiro atoms. The second-order valence-electron chi connectivity index (χ2n) is 10.1. The average molecular weight is 414 g/mol. The van der Waals surface area contributed by atoms with Gasteiger partial charge in [-0.15, -0.1) is 0 Å². The number of benzene rings is 4. The zero-order chi connectivity index (χ0) is 22.1. The quantitative estimate of drug-likeness (QED) is 0.254. The normalized spacial score (nSPS) is 16.0. The molecule has 32 heavy (non-hydrogen) atoms. The van der Waals surface area contributed by atoms with Crippen LogP contribution >= 0.6 is 0 Å². The highest BCUT2D eigenvalue weighted by Gasteiger charge is 2.41. The number of fused-ring (bicyclic) bond motifs is 5. The van der Waals surface area contributed by atoms with Crippen molar-refractivity contribution >= 4 is 21.5 Å². The van der Waals surface area contributed by atoms with Gasteiger partial charge in [-0.3, -0.25) is 4.98 Å². The van der Waals surface area contributed by atoms with Crippen LogP contribution in [0.2, 0.25) is 0 Å². The number of nitrogens with zero attached hydrogens (tertiary/aromatic N) is 1. The Labute approximate surface area is 189 Å². The predicted molar refractivity (Wildman–Crippen MR) is 135 cm³/mol. The van der Waals surface area contributed by atoms with Crippen molar-refractivity contribution in [1.29, 1.82) is 0 Å². The van der Waals surface area contributed by atoms with Crippen LogP contribution in [-0.2, 0) is 10.8 Å². The summed E-state index contributed by atoms with van der Waals surface area (Å²) in [5.41, 5.74) is 7.83. The van der Waals surface area contributed by atoms with E-state index in [2.05, 4.69) is 113 Å². The zero-order valence-electron chi connectivity index (χ0n) is 19.1. The lowest BCUT2D eigenvalue weighted by molar-refractivity contribution is 0.521. The molecule has 0 N–H and O–H groups in total. The molecular formula is C31H27N.